The largest absolute Gasteiger partial charge is 0.492 e. The summed E-state index contributed by atoms with van der Waals surface area (Å²) >= 11 is 0. The van der Waals surface area contributed by atoms with Crippen LogP contribution in [0.15, 0.2) is 24.3 Å². The first-order valence-corrected chi connectivity index (χ1v) is 8.20. The van der Waals surface area contributed by atoms with Crippen LogP contribution in [0.3, 0.4) is 0 Å². The maximum atomic E-state index is 12.3. The monoisotopic (exact) mass is 304 g/mol. The molecule has 0 aliphatic carbocycles. The van der Waals surface area contributed by atoms with Crippen LogP contribution in [-0.4, -0.2) is 55.5 Å². The molecule has 1 amide bonds. The summed E-state index contributed by atoms with van der Waals surface area (Å²) in [4.78, 5) is 16.3. The Morgan fingerprint density at radius 1 is 1.36 bits per heavy atom. The summed E-state index contributed by atoms with van der Waals surface area (Å²) in [5.74, 6) is 1.76. The van der Waals surface area contributed by atoms with E-state index in [9.17, 15) is 4.79 Å². The molecule has 1 aliphatic rings. The van der Waals surface area contributed by atoms with Crippen LogP contribution in [0.4, 0.5) is 0 Å². The molecule has 2 rings (SSSR count). The van der Waals surface area contributed by atoms with E-state index in [-0.39, 0.29) is 5.91 Å². The summed E-state index contributed by atoms with van der Waals surface area (Å²) in [5.41, 5.74) is 1.23. The number of benzene rings is 1. The topological polar surface area (TPSA) is 32.8 Å². The molecule has 0 radical (unpaired) electrons. The van der Waals surface area contributed by atoms with Gasteiger partial charge in [-0.3, -0.25) is 9.69 Å². The number of rotatable bonds is 6. The number of carbonyl (C=O) groups is 1. The van der Waals surface area contributed by atoms with Crippen molar-refractivity contribution in [2.24, 2.45) is 5.92 Å². The normalized spacial score (nSPS) is 18.5. The number of carbonyl (C=O) groups excluding carboxylic acids is 1. The van der Waals surface area contributed by atoms with Gasteiger partial charge in [-0.05, 0) is 44.9 Å². The minimum Gasteiger partial charge on any atom is -0.492 e. The van der Waals surface area contributed by atoms with E-state index in [1.54, 1.807) is 0 Å². The van der Waals surface area contributed by atoms with E-state index < -0.39 is 0 Å². The first-order chi connectivity index (χ1) is 10.5. The summed E-state index contributed by atoms with van der Waals surface area (Å²) in [6.07, 6.45) is 2.37. The third-order valence-electron chi connectivity index (χ3n) is 4.18. The Bertz CT molecular complexity index is 472. The smallest absolute Gasteiger partial charge is 0.236 e. The van der Waals surface area contributed by atoms with Crippen molar-refractivity contribution < 1.29 is 9.53 Å². The van der Waals surface area contributed by atoms with Gasteiger partial charge < -0.3 is 9.64 Å². The highest BCUT2D eigenvalue weighted by Gasteiger charge is 2.21. The molecular weight excluding hydrogens is 276 g/mol. The SMILES string of the molecule is Cc1ccc(OCCN(C)CC(=O)N2CCCC(C)C2)cc1. The predicted molar refractivity (Wildman–Crippen MR) is 89.1 cm³/mol. The minimum atomic E-state index is 0.240. The Labute approximate surface area is 134 Å². The van der Waals surface area contributed by atoms with E-state index in [0.717, 1.165) is 31.8 Å². The number of ether oxygens (including phenoxy) is 1. The van der Waals surface area contributed by atoms with Crippen LogP contribution in [0.2, 0.25) is 0 Å². The molecule has 0 saturated carbocycles. The summed E-state index contributed by atoms with van der Waals surface area (Å²) < 4.78 is 5.71. The number of hydrogen-bond acceptors (Lipinski definition) is 3. The average Bonchev–Trinajstić information content (AvgIpc) is 2.49. The predicted octanol–water partition coefficient (Wildman–Crippen LogP) is 2.56. The molecule has 0 N–H and O–H groups in total. The van der Waals surface area contributed by atoms with Crippen molar-refractivity contribution in [3.8, 4) is 5.75 Å². The number of amides is 1. The fraction of sp³-hybridized carbons (Fsp3) is 0.611. The Balaban J connectivity index is 1.67. The summed E-state index contributed by atoms with van der Waals surface area (Å²) in [6, 6.07) is 8.05. The van der Waals surface area contributed by atoms with Crippen molar-refractivity contribution in [2.75, 3.05) is 39.8 Å². The van der Waals surface area contributed by atoms with Crippen molar-refractivity contribution >= 4 is 5.91 Å². The number of likely N-dealkylation sites (tertiary alicyclic amines) is 1. The molecular formula is C18H28N2O2. The zero-order chi connectivity index (χ0) is 15.9. The maximum Gasteiger partial charge on any atom is 0.236 e. The van der Waals surface area contributed by atoms with Crippen LogP contribution in [0.5, 0.6) is 5.75 Å². The number of likely N-dealkylation sites (N-methyl/N-ethyl adjacent to an activating group) is 1. The van der Waals surface area contributed by atoms with E-state index in [1.165, 1.54) is 12.0 Å². The fourth-order valence-corrected chi connectivity index (χ4v) is 2.78. The van der Waals surface area contributed by atoms with Crippen LogP contribution in [-0.2, 0) is 4.79 Å². The van der Waals surface area contributed by atoms with Crippen LogP contribution in [0, 0.1) is 12.8 Å². The minimum absolute atomic E-state index is 0.240. The molecule has 4 nitrogen and oxygen atoms in total. The standard InChI is InChI=1S/C18H28N2O2/c1-15-6-8-17(9-7-15)22-12-11-19(3)14-18(21)20-10-4-5-16(2)13-20/h6-9,16H,4-5,10-14H2,1-3H3. The third kappa shape index (κ3) is 5.34. The van der Waals surface area contributed by atoms with Crippen molar-refractivity contribution in [1.82, 2.24) is 9.80 Å². The first-order valence-electron chi connectivity index (χ1n) is 8.20. The molecule has 1 heterocycles. The molecule has 1 aromatic rings. The molecule has 1 saturated heterocycles. The lowest BCUT2D eigenvalue weighted by molar-refractivity contribution is -0.133. The zero-order valence-electron chi connectivity index (χ0n) is 14.0. The molecule has 0 bridgehead atoms. The molecule has 122 valence electrons. The van der Waals surface area contributed by atoms with E-state index in [1.807, 2.05) is 41.1 Å². The van der Waals surface area contributed by atoms with Gasteiger partial charge in [-0.15, -0.1) is 0 Å². The Kier molecular flexibility index (Phi) is 6.25. The summed E-state index contributed by atoms with van der Waals surface area (Å²) in [6.45, 7) is 7.93. The molecule has 1 atom stereocenters. The van der Waals surface area contributed by atoms with Gasteiger partial charge in [0, 0.05) is 19.6 Å². The van der Waals surface area contributed by atoms with Crippen LogP contribution < -0.4 is 4.74 Å². The molecule has 1 unspecified atom stereocenters. The summed E-state index contributed by atoms with van der Waals surface area (Å²) in [7, 11) is 1.98. The van der Waals surface area contributed by atoms with E-state index in [2.05, 4.69) is 13.8 Å². The van der Waals surface area contributed by atoms with Gasteiger partial charge in [0.15, 0.2) is 0 Å². The van der Waals surface area contributed by atoms with Crippen molar-refractivity contribution in [2.45, 2.75) is 26.7 Å². The first kappa shape index (κ1) is 16.8. The highest BCUT2D eigenvalue weighted by molar-refractivity contribution is 5.78. The van der Waals surface area contributed by atoms with Crippen molar-refractivity contribution in [1.29, 1.82) is 0 Å². The highest BCUT2D eigenvalue weighted by atomic mass is 16.5. The second-order valence-electron chi connectivity index (χ2n) is 6.49. The average molecular weight is 304 g/mol. The van der Waals surface area contributed by atoms with Crippen LogP contribution in [0.1, 0.15) is 25.3 Å². The Morgan fingerprint density at radius 3 is 2.77 bits per heavy atom. The lowest BCUT2D eigenvalue weighted by Crippen LogP contribution is -2.44. The van der Waals surface area contributed by atoms with Crippen LogP contribution in [0.25, 0.3) is 0 Å². The molecule has 1 fully saturated rings. The van der Waals surface area contributed by atoms with Gasteiger partial charge in [0.25, 0.3) is 0 Å². The van der Waals surface area contributed by atoms with E-state index in [4.69, 9.17) is 4.74 Å². The lowest BCUT2D eigenvalue weighted by Gasteiger charge is -2.32. The second-order valence-corrected chi connectivity index (χ2v) is 6.49. The molecule has 1 aromatic carbocycles. The lowest BCUT2D eigenvalue weighted by atomic mass is 10.0. The molecule has 0 spiro atoms. The van der Waals surface area contributed by atoms with E-state index >= 15 is 0 Å². The molecule has 0 aromatic heterocycles. The van der Waals surface area contributed by atoms with Gasteiger partial charge in [0.2, 0.25) is 5.91 Å². The Hall–Kier alpha value is -1.55. The number of piperidine rings is 1. The van der Waals surface area contributed by atoms with Crippen molar-refractivity contribution in [3.05, 3.63) is 29.8 Å². The third-order valence-corrected chi connectivity index (χ3v) is 4.18. The number of aryl methyl sites for hydroxylation is 1. The van der Waals surface area contributed by atoms with Gasteiger partial charge in [-0.2, -0.15) is 0 Å². The maximum absolute atomic E-state index is 12.3. The fourth-order valence-electron chi connectivity index (χ4n) is 2.78. The number of hydrogen-bond donors (Lipinski definition) is 0. The quantitative estimate of drug-likeness (QED) is 0.810. The van der Waals surface area contributed by atoms with Gasteiger partial charge in [-0.25, -0.2) is 0 Å². The highest BCUT2D eigenvalue weighted by Crippen LogP contribution is 2.15. The number of nitrogens with zero attached hydrogens (tertiary/aromatic N) is 2. The Morgan fingerprint density at radius 2 is 2.09 bits per heavy atom. The van der Waals surface area contributed by atoms with Crippen molar-refractivity contribution in [3.63, 3.8) is 0 Å². The van der Waals surface area contributed by atoms with Gasteiger partial charge in [0.1, 0.15) is 12.4 Å². The van der Waals surface area contributed by atoms with E-state index in [0.29, 0.717) is 19.1 Å². The van der Waals surface area contributed by atoms with Gasteiger partial charge in [0.05, 0.1) is 6.54 Å². The molecule has 22 heavy (non-hydrogen) atoms. The molecule has 1 aliphatic heterocycles. The summed E-state index contributed by atoms with van der Waals surface area (Å²) in [5, 5.41) is 0. The zero-order valence-corrected chi connectivity index (χ0v) is 14.0. The van der Waals surface area contributed by atoms with Gasteiger partial charge in [-0.1, -0.05) is 24.6 Å². The van der Waals surface area contributed by atoms with Gasteiger partial charge >= 0.3 is 0 Å². The molecule has 4 heteroatoms. The second kappa shape index (κ2) is 8.18. The van der Waals surface area contributed by atoms with Crippen LogP contribution >= 0.6 is 0 Å².